The molecule has 0 aliphatic heterocycles. The number of nitrogens with two attached hydrogens (primary N) is 1. The van der Waals surface area contributed by atoms with Crippen LogP contribution in [0.15, 0.2) is 48.5 Å². The number of nitrogens with one attached hydrogen (secondary N) is 1. The summed E-state index contributed by atoms with van der Waals surface area (Å²) in [5, 5.41) is 0. The van der Waals surface area contributed by atoms with Crippen LogP contribution in [0.1, 0.15) is 24.1 Å². The molecule has 2 aromatic carbocycles. The van der Waals surface area contributed by atoms with E-state index >= 15 is 0 Å². The topological polar surface area (TPSA) is 47.3 Å². The van der Waals surface area contributed by atoms with Crippen LogP contribution in [-0.4, -0.2) is 6.61 Å². The molecule has 4 heteroatoms. The zero-order valence-electron chi connectivity index (χ0n) is 10.8. The Kier molecular flexibility index (Phi) is 4.49. The van der Waals surface area contributed by atoms with Crippen molar-refractivity contribution < 1.29 is 9.13 Å². The summed E-state index contributed by atoms with van der Waals surface area (Å²) in [7, 11) is 0. The van der Waals surface area contributed by atoms with Gasteiger partial charge in [0.05, 0.1) is 12.6 Å². The number of hydrogen-bond donors (Lipinski definition) is 2. The van der Waals surface area contributed by atoms with Crippen LogP contribution in [0.25, 0.3) is 0 Å². The molecule has 0 saturated carbocycles. The first-order valence-electron chi connectivity index (χ1n) is 6.19. The van der Waals surface area contributed by atoms with Crippen molar-refractivity contribution in [2.45, 2.75) is 13.0 Å². The molecule has 0 radical (unpaired) electrons. The molecule has 1 unspecified atom stereocenters. The van der Waals surface area contributed by atoms with Gasteiger partial charge in [0.2, 0.25) is 0 Å². The van der Waals surface area contributed by atoms with Crippen molar-refractivity contribution in [2.75, 3.05) is 6.61 Å². The first-order valence-corrected chi connectivity index (χ1v) is 6.19. The average molecular weight is 260 g/mol. The van der Waals surface area contributed by atoms with E-state index < -0.39 is 0 Å². The molecule has 0 spiro atoms. The van der Waals surface area contributed by atoms with E-state index in [0.717, 1.165) is 16.9 Å². The summed E-state index contributed by atoms with van der Waals surface area (Å²) >= 11 is 0. The number of ether oxygens (including phenoxy) is 1. The monoisotopic (exact) mass is 260 g/mol. The lowest BCUT2D eigenvalue weighted by molar-refractivity contribution is 0.333. The summed E-state index contributed by atoms with van der Waals surface area (Å²) in [4.78, 5) is 0. The van der Waals surface area contributed by atoms with Crippen LogP contribution >= 0.6 is 0 Å². The van der Waals surface area contributed by atoms with Crippen molar-refractivity contribution in [3.63, 3.8) is 0 Å². The molecule has 0 aliphatic carbocycles. The van der Waals surface area contributed by atoms with Gasteiger partial charge in [0.1, 0.15) is 11.6 Å². The minimum absolute atomic E-state index is 0.233. The Bertz CT molecular complexity index is 528. The molecule has 3 nitrogen and oxygen atoms in total. The van der Waals surface area contributed by atoms with Crippen LogP contribution < -0.4 is 16.0 Å². The van der Waals surface area contributed by atoms with Gasteiger partial charge in [0.15, 0.2) is 0 Å². The third-order valence-corrected chi connectivity index (χ3v) is 2.90. The van der Waals surface area contributed by atoms with Gasteiger partial charge in [-0.05, 0) is 30.7 Å². The zero-order chi connectivity index (χ0) is 13.7. The van der Waals surface area contributed by atoms with Gasteiger partial charge in [-0.15, -0.1) is 0 Å². The fourth-order valence-electron chi connectivity index (χ4n) is 2.03. The fourth-order valence-corrected chi connectivity index (χ4v) is 2.03. The van der Waals surface area contributed by atoms with Crippen molar-refractivity contribution >= 4 is 0 Å². The Labute approximate surface area is 112 Å². The van der Waals surface area contributed by atoms with E-state index in [1.165, 1.54) is 12.1 Å². The number of hydrogen-bond acceptors (Lipinski definition) is 3. The van der Waals surface area contributed by atoms with Crippen molar-refractivity contribution in [3.8, 4) is 5.75 Å². The summed E-state index contributed by atoms with van der Waals surface area (Å²) in [5.41, 5.74) is 4.56. The molecule has 0 heterocycles. The molecule has 0 fully saturated rings. The predicted octanol–water partition coefficient (Wildman–Crippen LogP) is 2.78. The van der Waals surface area contributed by atoms with E-state index in [9.17, 15) is 4.39 Å². The highest BCUT2D eigenvalue weighted by Gasteiger charge is 2.16. The Hall–Kier alpha value is -1.91. The molecular weight excluding hydrogens is 243 g/mol. The SMILES string of the molecule is CCOc1ccccc1C(NN)c1ccc(F)cc1. The Morgan fingerprint density at radius 2 is 1.84 bits per heavy atom. The Balaban J connectivity index is 2.39. The first kappa shape index (κ1) is 13.5. The van der Waals surface area contributed by atoms with E-state index in [4.69, 9.17) is 10.6 Å². The minimum Gasteiger partial charge on any atom is -0.494 e. The van der Waals surface area contributed by atoms with Crippen molar-refractivity contribution in [3.05, 3.63) is 65.5 Å². The summed E-state index contributed by atoms with van der Waals surface area (Å²) in [6.07, 6.45) is 0. The van der Waals surface area contributed by atoms with E-state index in [1.807, 2.05) is 31.2 Å². The lowest BCUT2D eigenvalue weighted by Crippen LogP contribution is -2.29. The molecule has 0 bridgehead atoms. The van der Waals surface area contributed by atoms with Crippen molar-refractivity contribution in [1.82, 2.24) is 5.43 Å². The number of para-hydroxylation sites is 1. The lowest BCUT2D eigenvalue weighted by atomic mass is 9.98. The number of rotatable bonds is 5. The average Bonchev–Trinajstić information content (AvgIpc) is 2.44. The van der Waals surface area contributed by atoms with Gasteiger partial charge < -0.3 is 4.74 Å². The lowest BCUT2D eigenvalue weighted by Gasteiger charge is -2.20. The maximum atomic E-state index is 13.0. The van der Waals surface area contributed by atoms with Crippen LogP contribution in [0.4, 0.5) is 4.39 Å². The Morgan fingerprint density at radius 1 is 1.16 bits per heavy atom. The highest BCUT2D eigenvalue weighted by Crippen LogP contribution is 2.29. The second-order valence-corrected chi connectivity index (χ2v) is 4.12. The van der Waals surface area contributed by atoms with Gasteiger partial charge >= 0.3 is 0 Å². The van der Waals surface area contributed by atoms with Gasteiger partial charge in [0.25, 0.3) is 0 Å². The van der Waals surface area contributed by atoms with Gasteiger partial charge in [-0.1, -0.05) is 30.3 Å². The molecule has 100 valence electrons. The highest BCUT2D eigenvalue weighted by molar-refractivity contribution is 5.41. The van der Waals surface area contributed by atoms with Crippen LogP contribution in [0.5, 0.6) is 5.75 Å². The molecule has 0 amide bonds. The minimum atomic E-state index is -0.266. The van der Waals surface area contributed by atoms with Gasteiger partial charge in [-0.3, -0.25) is 5.84 Å². The van der Waals surface area contributed by atoms with Gasteiger partial charge in [0, 0.05) is 5.56 Å². The zero-order valence-corrected chi connectivity index (χ0v) is 10.8. The molecule has 2 rings (SSSR count). The van der Waals surface area contributed by atoms with E-state index in [1.54, 1.807) is 12.1 Å². The van der Waals surface area contributed by atoms with Crippen LogP contribution in [0, 0.1) is 5.82 Å². The molecule has 19 heavy (non-hydrogen) atoms. The van der Waals surface area contributed by atoms with Gasteiger partial charge in [-0.2, -0.15) is 0 Å². The molecule has 2 aromatic rings. The maximum Gasteiger partial charge on any atom is 0.124 e. The van der Waals surface area contributed by atoms with Crippen molar-refractivity contribution in [1.29, 1.82) is 0 Å². The third kappa shape index (κ3) is 3.10. The van der Waals surface area contributed by atoms with E-state index in [2.05, 4.69) is 5.43 Å². The number of hydrazine groups is 1. The second kappa shape index (κ2) is 6.31. The predicted molar refractivity (Wildman–Crippen MR) is 73.2 cm³/mol. The Morgan fingerprint density at radius 3 is 2.47 bits per heavy atom. The number of halogens is 1. The fraction of sp³-hybridized carbons (Fsp3) is 0.200. The molecule has 1 atom stereocenters. The summed E-state index contributed by atoms with van der Waals surface area (Å²) in [6, 6.07) is 13.7. The van der Waals surface area contributed by atoms with Crippen LogP contribution in [0.2, 0.25) is 0 Å². The van der Waals surface area contributed by atoms with Gasteiger partial charge in [-0.25, -0.2) is 9.82 Å². The maximum absolute atomic E-state index is 13.0. The third-order valence-electron chi connectivity index (χ3n) is 2.90. The van der Waals surface area contributed by atoms with Crippen LogP contribution in [-0.2, 0) is 0 Å². The molecule has 0 aromatic heterocycles. The summed E-state index contributed by atoms with van der Waals surface area (Å²) < 4.78 is 18.6. The van der Waals surface area contributed by atoms with E-state index in [0.29, 0.717) is 6.61 Å². The smallest absolute Gasteiger partial charge is 0.124 e. The van der Waals surface area contributed by atoms with Crippen molar-refractivity contribution in [2.24, 2.45) is 5.84 Å². The first-order chi connectivity index (χ1) is 9.26. The van der Waals surface area contributed by atoms with E-state index in [-0.39, 0.29) is 11.9 Å². The molecule has 0 aliphatic rings. The normalized spacial score (nSPS) is 12.2. The highest BCUT2D eigenvalue weighted by atomic mass is 19.1. The van der Waals surface area contributed by atoms with Crippen LogP contribution in [0.3, 0.4) is 0 Å². The standard InChI is InChI=1S/C15H17FN2O/c1-2-19-14-6-4-3-5-13(14)15(18-17)11-7-9-12(16)10-8-11/h3-10,15,18H,2,17H2,1H3. The largest absolute Gasteiger partial charge is 0.494 e. The number of benzene rings is 2. The quantitative estimate of drug-likeness (QED) is 0.642. The molecular formula is C15H17FN2O. The second-order valence-electron chi connectivity index (χ2n) is 4.12. The molecule has 3 N–H and O–H groups in total. The summed E-state index contributed by atoms with van der Waals surface area (Å²) in [5.74, 6) is 6.15. The summed E-state index contributed by atoms with van der Waals surface area (Å²) in [6.45, 7) is 2.51. The molecule has 0 saturated heterocycles.